The van der Waals surface area contributed by atoms with Gasteiger partial charge >= 0.3 is 5.69 Å². The van der Waals surface area contributed by atoms with Gasteiger partial charge in [0, 0.05) is 17.8 Å². The molecule has 1 aromatic carbocycles. The molecule has 1 saturated carbocycles. The molecule has 1 aliphatic carbocycles. The minimum absolute atomic E-state index is 0.0604. The lowest BCUT2D eigenvalue weighted by Gasteiger charge is -2.22. The third-order valence-corrected chi connectivity index (χ3v) is 5.32. The van der Waals surface area contributed by atoms with E-state index in [2.05, 4.69) is 23.2 Å². The molecule has 7 heteroatoms. The molecule has 120 valence electrons. The number of nitrogens with one attached hydrogen (secondary N) is 1. The van der Waals surface area contributed by atoms with Crippen LogP contribution in [0.15, 0.2) is 34.2 Å². The number of carbonyl (C=O) groups excluding carboxylic acids is 1. The standard InChI is InChI=1S/C16H18N4O2S/c1-10-8-11-4-2-3-5-13(11)19(10)14(21)9-23-16-18-17-15(22)20(16)12-6-7-12/h2-5,10,12H,6-9H2,1H3,(H,17,22). The van der Waals surface area contributed by atoms with Gasteiger partial charge in [0.15, 0.2) is 5.16 Å². The van der Waals surface area contributed by atoms with Crippen molar-refractivity contribution in [3.63, 3.8) is 0 Å². The molecule has 23 heavy (non-hydrogen) atoms. The Hall–Kier alpha value is -2.02. The van der Waals surface area contributed by atoms with E-state index in [0.717, 1.165) is 24.9 Å². The number of fused-ring (bicyclic) bond motifs is 1. The molecule has 4 rings (SSSR count). The number of amides is 1. The van der Waals surface area contributed by atoms with Crippen LogP contribution in [0.5, 0.6) is 0 Å². The Morgan fingerprint density at radius 1 is 1.39 bits per heavy atom. The summed E-state index contributed by atoms with van der Waals surface area (Å²) in [6.07, 6.45) is 2.91. The van der Waals surface area contributed by atoms with Crippen molar-refractivity contribution >= 4 is 23.4 Å². The molecular formula is C16H18N4O2S. The summed E-state index contributed by atoms with van der Waals surface area (Å²) in [5.74, 6) is 0.348. The van der Waals surface area contributed by atoms with Crippen LogP contribution in [-0.2, 0) is 11.2 Å². The Labute approximate surface area is 137 Å². The molecule has 0 saturated heterocycles. The summed E-state index contributed by atoms with van der Waals surface area (Å²) >= 11 is 1.34. The molecule has 1 fully saturated rings. The van der Waals surface area contributed by atoms with E-state index < -0.39 is 0 Å². The zero-order valence-electron chi connectivity index (χ0n) is 12.9. The lowest BCUT2D eigenvalue weighted by molar-refractivity contribution is -0.116. The zero-order chi connectivity index (χ0) is 16.0. The Bertz CT molecular complexity index is 808. The lowest BCUT2D eigenvalue weighted by atomic mass is 10.1. The van der Waals surface area contributed by atoms with Crippen LogP contribution in [-0.4, -0.2) is 32.5 Å². The number of rotatable bonds is 4. The monoisotopic (exact) mass is 330 g/mol. The first-order chi connectivity index (χ1) is 11.1. The first-order valence-electron chi connectivity index (χ1n) is 7.85. The highest BCUT2D eigenvalue weighted by molar-refractivity contribution is 7.99. The molecule has 2 aliphatic rings. The second-order valence-electron chi connectivity index (χ2n) is 6.15. The van der Waals surface area contributed by atoms with Crippen LogP contribution in [0, 0.1) is 0 Å². The molecule has 1 aliphatic heterocycles. The fourth-order valence-electron chi connectivity index (χ4n) is 3.19. The number of benzene rings is 1. The molecule has 1 atom stereocenters. The van der Waals surface area contributed by atoms with E-state index >= 15 is 0 Å². The van der Waals surface area contributed by atoms with Gasteiger partial charge < -0.3 is 4.90 Å². The predicted octanol–water partition coefficient (Wildman–Crippen LogP) is 1.98. The number of nitrogens with zero attached hydrogens (tertiary/aromatic N) is 3. The fourth-order valence-corrected chi connectivity index (χ4v) is 4.06. The van der Waals surface area contributed by atoms with Crippen LogP contribution < -0.4 is 10.6 Å². The van der Waals surface area contributed by atoms with E-state index in [1.165, 1.54) is 17.3 Å². The van der Waals surface area contributed by atoms with E-state index in [9.17, 15) is 9.59 Å². The highest BCUT2D eigenvalue weighted by Gasteiger charge is 2.32. The van der Waals surface area contributed by atoms with Gasteiger partial charge in [-0.3, -0.25) is 9.36 Å². The van der Waals surface area contributed by atoms with E-state index in [-0.39, 0.29) is 29.4 Å². The second kappa shape index (κ2) is 5.56. The SMILES string of the molecule is CC1Cc2ccccc2N1C(=O)CSc1n[nH]c(=O)n1C1CC1. The maximum Gasteiger partial charge on any atom is 0.344 e. The number of hydrogen-bond donors (Lipinski definition) is 1. The molecule has 6 nitrogen and oxygen atoms in total. The van der Waals surface area contributed by atoms with E-state index in [1.807, 2.05) is 23.1 Å². The smallest absolute Gasteiger partial charge is 0.308 e. The van der Waals surface area contributed by atoms with Gasteiger partial charge in [0.25, 0.3) is 0 Å². The number of carbonyl (C=O) groups is 1. The molecule has 2 heterocycles. The van der Waals surface area contributed by atoms with Crippen molar-refractivity contribution in [2.75, 3.05) is 10.7 Å². The summed E-state index contributed by atoms with van der Waals surface area (Å²) in [7, 11) is 0. The third-order valence-electron chi connectivity index (χ3n) is 4.38. The average molecular weight is 330 g/mol. The van der Waals surface area contributed by atoms with Gasteiger partial charge in [0.2, 0.25) is 5.91 Å². The van der Waals surface area contributed by atoms with Gasteiger partial charge in [-0.25, -0.2) is 9.89 Å². The van der Waals surface area contributed by atoms with Crippen molar-refractivity contribution in [2.24, 2.45) is 0 Å². The van der Waals surface area contributed by atoms with Crippen LogP contribution in [0.4, 0.5) is 5.69 Å². The molecule has 1 aromatic heterocycles. The van der Waals surface area contributed by atoms with Crippen molar-refractivity contribution < 1.29 is 4.79 Å². The summed E-state index contributed by atoms with van der Waals surface area (Å²) in [5, 5.41) is 7.16. The van der Waals surface area contributed by atoms with Crippen LogP contribution in [0.25, 0.3) is 0 Å². The van der Waals surface area contributed by atoms with Gasteiger partial charge in [-0.15, -0.1) is 5.10 Å². The normalized spacial score (nSPS) is 19.9. The molecule has 0 spiro atoms. The van der Waals surface area contributed by atoms with Crippen LogP contribution in [0.3, 0.4) is 0 Å². The van der Waals surface area contributed by atoms with Crippen molar-refractivity contribution in [2.45, 2.75) is 43.4 Å². The molecule has 2 aromatic rings. The summed E-state index contributed by atoms with van der Waals surface area (Å²) in [6, 6.07) is 8.46. The van der Waals surface area contributed by atoms with E-state index in [4.69, 9.17) is 0 Å². The Morgan fingerprint density at radius 3 is 2.96 bits per heavy atom. The third kappa shape index (κ3) is 2.59. The first kappa shape index (κ1) is 14.6. The number of hydrogen-bond acceptors (Lipinski definition) is 4. The molecule has 0 radical (unpaired) electrons. The number of H-pyrrole nitrogens is 1. The van der Waals surface area contributed by atoms with Gasteiger partial charge in [0.1, 0.15) is 0 Å². The van der Waals surface area contributed by atoms with Gasteiger partial charge in [-0.2, -0.15) is 0 Å². The fraction of sp³-hybridized carbons (Fsp3) is 0.438. The average Bonchev–Trinajstić information content (AvgIpc) is 3.21. The largest absolute Gasteiger partial charge is 0.344 e. The van der Waals surface area contributed by atoms with E-state index in [0.29, 0.717) is 5.16 Å². The summed E-state index contributed by atoms with van der Waals surface area (Å²) in [6.45, 7) is 2.07. The molecule has 1 N–H and O–H groups in total. The quantitative estimate of drug-likeness (QED) is 0.870. The Balaban J connectivity index is 1.50. The number of para-hydroxylation sites is 1. The van der Waals surface area contributed by atoms with Gasteiger partial charge in [0.05, 0.1) is 5.75 Å². The molecule has 0 bridgehead atoms. The summed E-state index contributed by atoms with van der Waals surface area (Å²) in [5.41, 5.74) is 2.04. The second-order valence-corrected chi connectivity index (χ2v) is 7.09. The highest BCUT2D eigenvalue weighted by Crippen LogP contribution is 2.36. The minimum Gasteiger partial charge on any atom is -0.308 e. The predicted molar refractivity (Wildman–Crippen MR) is 88.9 cm³/mol. The number of aromatic nitrogens is 3. The van der Waals surface area contributed by atoms with Crippen molar-refractivity contribution in [1.82, 2.24) is 14.8 Å². The zero-order valence-corrected chi connectivity index (χ0v) is 13.7. The van der Waals surface area contributed by atoms with E-state index in [1.54, 1.807) is 4.57 Å². The Morgan fingerprint density at radius 2 is 2.17 bits per heavy atom. The van der Waals surface area contributed by atoms with Crippen molar-refractivity contribution in [1.29, 1.82) is 0 Å². The lowest BCUT2D eigenvalue weighted by Crippen LogP contribution is -2.37. The number of thioether (sulfide) groups is 1. The summed E-state index contributed by atoms with van der Waals surface area (Å²) in [4.78, 5) is 26.3. The van der Waals surface area contributed by atoms with Crippen molar-refractivity contribution in [3.8, 4) is 0 Å². The van der Waals surface area contributed by atoms with Crippen molar-refractivity contribution in [3.05, 3.63) is 40.3 Å². The number of anilines is 1. The van der Waals surface area contributed by atoms with Gasteiger partial charge in [-0.05, 0) is 37.8 Å². The van der Waals surface area contributed by atoms with Crippen LogP contribution in [0.2, 0.25) is 0 Å². The first-order valence-corrected chi connectivity index (χ1v) is 8.83. The minimum atomic E-state index is -0.178. The summed E-state index contributed by atoms with van der Waals surface area (Å²) < 4.78 is 1.68. The molecule has 1 amide bonds. The maximum absolute atomic E-state index is 12.7. The maximum atomic E-state index is 12.7. The van der Waals surface area contributed by atoms with Crippen LogP contribution >= 0.6 is 11.8 Å². The number of aromatic amines is 1. The van der Waals surface area contributed by atoms with Crippen LogP contribution in [0.1, 0.15) is 31.4 Å². The topological polar surface area (TPSA) is 71.0 Å². The molecule has 1 unspecified atom stereocenters. The Kier molecular flexibility index (Phi) is 3.52. The van der Waals surface area contributed by atoms with Gasteiger partial charge in [-0.1, -0.05) is 30.0 Å². The highest BCUT2D eigenvalue weighted by atomic mass is 32.2. The molecular weight excluding hydrogens is 312 g/mol.